The van der Waals surface area contributed by atoms with Gasteiger partial charge in [0, 0.05) is 4.83 Å². The first-order chi connectivity index (χ1) is 3.18. The van der Waals surface area contributed by atoms with Crippen molar-refractivity contribution >= 4 is 15.9 Å². The molecular formula is C4H8BrNO. The van der Waals surface area contributed by atoms with Crippen LogP contribution in [0.1, 0.15) is 13.8 Å². The summed E-state index contributed by atoms with van der Waals surface area (Å²) in [5.41, 5.74) is 0. The Hall–Kier alpha value is 0.0800. The molecule has 0 aromatic carbocycles. The molecule has 3 heteroatoms. The molecule has 0 rings (SSSR count). The van der Waals surface area contributed by atoms with E-state index in [1.807, 2.05) is 6.92 Å². The summed E-state index contributed by atoms with van der Waals surface area (Å²) in [5.74, 6) is 0. The van der Waals surface area contributed by atoms with Gasteiger partial charge in [0.05, 0.1) is 0 Å². The fourth-order valence-corrected chi connectivity index (χ4v) is 0.180. The van der Waals surface area contributed by atoms with Crippen LogP contribution in [0.3, 0.4) is 0 Å². The lowest BCUT2D eigenvalue weighted by atomic mass is 10.3. The largest absolute Gasteiger partial charge is 0.150 e. The summed E-state index contributed by atoms with van der Waals surface area (Å²) < 4.78 is 0. The Bertz CT molecular complexity index is 64.7. The van der Waals surface area contributed by atoms with Crippen LogP contribution in [-0.2, 0) is 0 Å². The predicted molar refractivity (Wildman–Crippen MR) is 33.6 cm³/mol. The van der Waals surface area contributed by atoms with Crippen molar-refractivity contribution in [2.45, 2.75) is 24.7 Å². The third-order valence-corrected chi connectivity index (χ3v) is 1.60. The second kappa shape index (κ2) is 3.13. The molecule has 2 nitrogen and oxygen atoms in total. The Labute approximate surface area is 51.4 Å². The van der Waals surface area contributed by atoms with Gasteiger partial charge in [-0.15, -0.1) is 0 Å². The molecule has 2 unspecified atom stereocenters. The summed E-state index contributed by atoms with van der Waals surface area (Å²) in [4.78, 5) is 9.87. The summed E-state index contributed by atoms with van der Waals surface area (Å²) in [6.07, 6.45) is 0. The maximum atomic E-state index is 9.67. The lowest BCUT2D eigenvalue weighted by Gasteiger charge is -2.00. The maximum absolute atomic E-state index is 9.67. The van der Waals surface area contributed by atoms with E-state index < -0.39 is 0 Å². The first-order valence-electron chi connectivity index (χ1n) is 2.15. The molecule has 0 aliphatic rings. The van der Waals surface area contributed by atoms with Crippen LogP contribution < -0.4 is 0 Å². The molecule has 0 bridgehead atoms. The fourth-order valence-electron chi connectivity index (χ4n) is 0.0839. The van der Waals surface area contributed by atoms with Crippen molar-refractivity contribution < 1.29 is 0 Å². The summed E-state index contributed by atoms with van der Waals surface area (Å²) >= 11 is 3.21. The van der Waals surface area contributed by atoms with Crippen molar-refractivity contribution in [3.05, 3.63) is 4.91 Å². The molecule has 0 fully saturated rings. The highest BCUT2D eigenvalue weighted by molar-refractivity contribution is 9.09. The highest BCUT2D eigenvalue weighted by atomic mass is 79.9. The fraction of sp³-hybridized carbons (Fsp3) is 1.00. The minimum atomic E-state index is -0.111. The van der Waals surface area contributed by atoms with E-state index in [4.69, 9.17) is 0 Å². The van der Waals surface area contributed by atoms with Gasteiger partial charge in [-0.25, -0.2) is 0 Å². The zero-order valence-corrected chi connectivity index (χ0v) is 5.97. The van der Waals surface area contributed by atoms with Crippen molar-refractivity contribution in [3.63, 3.8) is 0 Å². The van der Waals surface area contributed by atoms with Gasteiger partial charge in [0.25, 0.3) is 0 Å². The van der Waals surface area contributed by atoms with E-state index in [2.05, 4.69) is 21.1 Å². The predicted octanol–water partition coefficient (Wildman–Crippen LogP) is 1.92. The molecule has 0 saturated carbocycles. The zero-order valence-electron chi connectivity index (χ0n) is 4.39. The summed E-state index contributed by atoms with van der Waals surface area (Å²) in [6, 6.07) is -0.111. The third-order valence-electron chi connectivity index (χ3n) is 0.831. The molecule has 0 aliphatic heterocycles. The van der Waals surface area contributed by atoms with Crippen LogP contribution in [0.4, 0.5) is 0 Å². The Morgan fingerprint density at radius 3 is 2.00 bits per heavy atom. The van der Waals surface area contributed by atoms with Crippen LogP contribution in [-0.4, -0.2) is 10.9 Å². The molecule has 0 aliphatic carbocycles. The topological polar surface area (TPSA) is 29.4 Å². The van der Waals surface area contributed by atoms with Gasteiger partial charge in [-0.05, 0) is 6.92 Å². The van der Waals surface area contributed by atoms with Crippen LogP contribution in [0.15, 0.2) is 5.18 Å². The van der Waals surface area contributed by atoms with Crippen LogP contribution in [0.2, 0.25) is 0 Å². The van der Waals surface area contributed by atoms with Gasteiger partial charge in [0.15, 0.2) is 0 Å². The van der Waals surface area contributed by atoms with Gasteiger partial charge < -0.3 is 0 Å². The molecule has 0 radical (unpaired) electrons. The number of alkyl halides is 1. The molecular weight excluding hydrogens is 158 g/mol. The summed E-state index contributed by atoms with van der Waals surface area (Å²) in [7, 11) is 0. The molecule has 0 spiro atoms. The van der Waals surface area contributed by atoms with Crippen LogP contribution in [0, 0.1) is 4.91 Å². The molecule has 0 heterocycles. The summed E-state index contributed by atoms with van der Waals surface area (Å²) in [5, 5.41) is 2.79. The Morgan fingerprint density at radius 1 is 1.57 bits per heavy atom. The first-order valence-corrected chi connectivity index (χ1v) is 3.06. The van der Waals surface area contributed by atoms with Gasteiger partial charge in [-0.1, -0.05) is 28.0 Å². The Morgan fingerprint density at radius 2 is 2.00 bits per heavy atom. The Kier molecular flexibility index (Phi) is 3.17. The Balaban J connectivity index is 3.33. The lowest BCUT2D eigenvalue weighted by molar-refractivity contribution is 0.736. The number of nitrogens with zero attached hydrogens (tertiary/aromatic N) is 1. The highest BCUT2D eigenvalue weighted by Gasteiger charge is 2.05. The van der Waals surface area contributed by atoms with Crippen molar-refractivity contribution in [2.24, 2.45) is 5.18 Å². The van der Waals surface area contributed by atoms with E-state index in [1.54, 1.807) is 6.92 Å². The van der Waals surface area contributed by atoms with E-state index in [1.165, 1.54) is 0 Å². The van der Waals surface area contributed by atoms with Crippen molar-refractivity contribution in [1.29, 1.82) is 0 Å². The third kappa shape index (κ3) is 2.74. The normalized spacial score (nSPS) is 18.1. The lowest BCUT2D eigenvalue weighted by Crippen LogP contribution is -2.08. The molecule has 0 saturated heterocycles. The standard InChI is InChI=1S/C4H8BrNO/c1-3(5)4(2)6-7/h3-4H,1-2H3. The molecule has 0 N–H and O–H groups in total. The maximum Gasteiger partial charge on any atom is 0.101 e. The average Bonchev–Trinajstić information content (AvgIpc) is 1.65. The average molecular weight is 166 g/mol. The SMILES string of the molecule is CC(Br)C(C)N=O. The number of nitroso groups, excluding NO2 is 1. The quantitative estimate of drug-likeness (QED) is 0.455. The second-order valence-corrected chi connectivity index (χ2v) is 2.97. The second-order valence-electron chi connectivity index (χ2n) is 1.52. The molecule has 7 heavy (non-hydrogen) atoms. The smallest absolute Gasteiger partial charge is 0.101 e. The number of halogens is 1. The summed E-state index contributed by atoms with van der Waals surface area (Å²) in [6.45, 7) is 3.67. The van der Waals surface area contributed by atoms with Gasteiger partial charge in [0.1, 0.15) is 6.04 Å². The molecule has 42 valence electrons. The minimum absolute atomic E-state index is 0.111. The van der Waals surface area contributed by atoms with Gasteiger partial charge in [-0.2, -0.15) is 4.91 Å². The highest BCUT2D eigenvalue weighted by Crippen LogP contribution is 2.05. The molecule has 0 aromatic heterocycles. The van der Waals surface area contributed by atoms with E-state index in [9.17, 15) is 4.91 Å². The zero-order chi connectivity index (χ0) is 5.86. The first kappa shape index (κ1) is 7.08. The van der Waals surface area contributed by atoms with E-state index in [-0.39, 0.29) is 10.9 Å². The van der Waals surface area contributed by atoms with Crippen molar-refractivity contribution in [2.75, 3.05) is 0 Å². The van der Waals surface area contributed by atoms with Crippen LogP contribution in [0.25, 0.3) is 0 Å². The van der Waals surface area contributed by atoms with Crippen LogP contribution in [0.5, 0.6) is 0 Å². The van der Waals surface area contributed by atoms with E-state index in [0.717, 1.165) is 0 Å². The molecule has 0 amide bonds. The van der Waals surface area contributed by atoms with Crippen molar-refractivity contribution in [3.8, 4) is 0 Å². The van der Waals surface area contributed by atoms with E-state index in [0.29, 0.717) is 0 Å². The van der Waals surface area contributed by atoms with Gasteiger partial charge in [-0.3, -0.25) is 0 Å². The monoisotopic (exact) mass is 165 g/mol. The van der Waals surface area contributed by atoms with Crippen molar-refractivity contribution in [1.82, 2.24) is 0 Å². The van der Waals surface area contributed by atoms with Crippen LogP contribution >= 0.6 is 15.9 Å². The molecule has 2 atom stereocenters. The number of hydrogen-bond donors (Lipinski definition) is 0. The minimum Gasteiger partial charge on any atom is -0.150 e. The van der Waals surface area contributed by atoms with Gasteiger partial charge in [0.2, 0.25) is 0 Å². The van der Waals surface area contributed by atoms with Gasteiger partial charge >= 0.3 is 0 Å². The van der Waals surface area contributed by atoms with E-state index >= 15 is 0 Å². The number of hydrogen-bond acceptors (Lipinski definition) is 2. The molecule has 0 aromatic rings. The number of rotatable bonds is 2.